The number of para-hydroxylation sites is 1. The maximum Gasteiger partial charge on any atom is 0.233 e. The van der Waals surface area contributed by atoms with E-state index in [4.69, 9.17) is 4.74 Å². The summed E-state index contributed by atoms with van der Waals surface area (Å²) in [6.07, 6.45) is 6.02. The molecular weight excluding hydrogens is 372 g/mol. The van der Waals surface area contributed by atoms with Crippen LogP contribution in [-0.2, 0) is 11.3 Å². The van der Waals surface area contributed by atoms with Crippen LogP contribution in [0.25, 0.3) is 11.4 Å². The first-order valence-corrected chi connectivity index (χ1v) is 11.2. The van der Waals surface area contributed by atoms with Crippen molar-refractivity contribution in [3.8, 4) is 17.1 Å². The normalized spacial score (nSPS) is 14.8. The number of rotatable bonds is 8. The molecule has 0 N–H and O–H groups in total. The number of nitrogens with zero attached hydrogens (tertiary/aromatic N) is 4. The van der Waals surface area contributed by atoms with Gasteiger partial charge in [0.1, 0.15) is 5.75 Å². The van der Waals surface area contributed by atoms with Gasteiger partial charge in [-0.1, -0.05) is 43.2 Å². The van der Waals surface area contributed by atoms with Crippen LogP contribution in [0.4, 0.5) is 0 Å². The molecule has 2 aromatic rings. The summed E-state index contributed by atoms with van der Waals surface area (Å²) < 4.78 is 7.52. The predicted octanol–water partition coefficient (Wildman–Crippen LogP) is 4.25. The zero-order valence-electron chi connectivity index (χ0n) is 17.1. The lowest BCUT2D eigenvalue weighted by Crippen LogP contribution is -2.42. The Kier molecular flexibility index (Phi) is 7.36. The van der Waals surface area contributed by atoms with Crippen LogP contribution in [0.15, 0.2) is 29.4 Å². The largest absolute Gasteiger partial charge is 0.496 e. The van der Waals surface area contributed by atoms with E-state index in [9.17, 15) is 4.79 Å². The van der Waals surface area contributed by atoms with Gasteiger partial charge in [0.15, 0.2) is 11.0 Å². The zero-order valence-corrected chi connectivity index (χ0v) is 17.9. The van der Waals surface area contributed by atoms with E-state index in [1.807, 2.05) is 28.8 Å². The Labute approximate surface area is 171 Å². The Hall–Kier alpha value is -2.02. The molecule has 1 aromatic heterocycles. The lowest BCUT2D eigenvalue weighted by molar-refractivity contribution is -0.131. The lowest BCUT2D eigenvalue weighted by atomic mass is 9.94. The average Bonchev–Trinajstić information content (AvgIpc) is 3.16. The molecule has 1 aromatic carbocycles. The molecule has 0 radical (unpaired) electrons. The van der Waals surface area contributed by atoms with E-state index in [1.165, 1.54) is 31.0 Å². The lowest BCUT2D eigenvalue weighted by Gasteiger charge is -2.33. The molecule has 1 amide bonds. The highest BCUT2D eigenvalue weighted by molar-refractivity contribution is 7.99. The molecule has 1 fully saturated rings. The molecule has 28 heavy (non-hydrogen) atoms. The van der Waals surface area contributed by atoms with Crippen LogP contribution in [0, 0.1) is 0 Å². The number of methoxy groups -OCH3 is 1. The molecule has 0 saturated heterocycles. The summed E-state index contributed by atoms with van der Waals surface area (Å²) in [4.78, 5) is 14.9. The predicted molar refractivity (Wildman–Crippen MR) is 113 cm³/mol. The number of hydrogen-bond donors (Lipinski definition) is 0. The fourth-order valence-electron chi connectivity index (χ4n) is 3.95. The topological polar surface area (TPSA) is 60.3 Å². The summed E-state index contributed by atoms with van der Waals surface area (Å²) in [5, 5.41) is 9.52. The molecule has 0 spiro atoms. The highest BCUT2D eigenvalue weighted by Gasteiger charge is 2.25. The summed E-state index contributed by atoms with van der Waals surface area (Å²) in [6, 6.07) is 8.21. The number of hydrogen-bond acceptors (Lipinski definition) is 5. The maximum atomic E-state index is 12.9. The highest BCUT2D eigenvalue weighted by atomic mass is 32.2. The molecule has 7 heteroatoms. The van der Waals surface area contributed by atoms with Gasteiger partial charge in [-0.25, -0.2) is 0 Å². The molecule has 0 aliphatic heterocycles. The standard InChI is InChI=1S/C21H30N4O2S/c1-4-24(16-11-7-6-8-12-16)19(26)15-28-21-23-22-20(25(21)5-2)17-13-9-10-14-18(17)27-3/h9-10,13-14,16H,4-8,11-12,15H2,1-3H3. The number of carbonyl (C=O) groups is 1. The molecule has 0 bridgehead atoms. The van der Waals surface area contributed by atoms with Gasteiger partial charge >= 0.3 is 0 Å². The van der Waals surface area contributed by atoms with Crippen LogP contribution in [0.5, 0.6) is 5.75 Å². The van der Waals surface area contributed by atoms with Crippen molar-refractivity contribution >= 4 is 17.7 Å². The Morgan fingerprint density at radius 2 is 1.96 bits per heavy atom. The zero-order chi connectivity index (χ0) is 19.9. The van der Waals surface area contributed by atoms with Gasteiger partial charge in [-0.15, -0.1) is 10.2 Å². The smallest absolute Gasteiger partial charge is 0.233 e. The van der Waals surface area contributed by atoms with Crippen molar-refractivity contribution in [2.24, 2.45) is 0 Å². The number of thioether (sulfide) groups is 1. The number of benzene rings is 1. The van der Waals surface area contributed by atoms with Gasteiger partial charge in [-0.3, -0.25) is 4.79 Å². The molecule has 0 unspecified atom stereocenters. The highest BCUT2D eigenvalue weighted by Crippen LogP contribution is 2.31. The molecule has 1 aliphatic carbocycles. The van der Waals surface area contributed by atoms with Gasteiger partial charge in [-0.05, 0) is 38.8 Å². The van der Waals surface area contributed by atoms with E-state index < -0.39 is 0 Å². The van der Waals surface area contributed by atoms with E-state index in [1.54, 1.807) is 7.11 Å². The average molecular weight is 403 g/mol. The van der Waals surface area contributed by atoms with E-state index in [-0.39, 0.29) is 5.91 Å². The summed E-state index contributed by atoms with van der Waals surface area (Å²) in [5.74, 6) is 2.14. The van der Waals surface area contributed by atoms with Crippen LogP contribution < -0.4 is 4.74 Å². The second-order valence-corrected chi connectivity index (χ2v) is 7.95. The molecule has 1 aliphatic rings. The fourth-order valence-corrected chi connectivity index (χ4v) is 4.84. The first-order valence-electron chi connectivity index (χ1n) is 10.2. The number of aromatic nitrogens is 3. The molecule has 6 nitrogen and oxygen atoms in total. The first kappa shape index (κ1) is 20.7. The van der Waals surface area contributed by atoms with Crippen molar-refractivity contribution in [1.82, 2.24) is 19.7 Å². The molecular formula is C21H30N4O2S. The van der Waals surface area contributed by atoms with E-state index in [2.05, 4.69) is 28.9 Å². The van der Waals surface area contributed by atoms with Crippen molar-refractivity contribution < 1.29 is 9.53 Å². The monoisotopic (exact) mass is 402 g/mol. The molecule has 1 heterocycles. The minimum atomic E-state index is 0.198. The Morgan fingerprint density at radius 1 is 1.21 bits per heavy atom. The van der Waals surface area contributed by atoms with E-state index in [0.29, 0.717) is 11.8 Å². The van der Waals surface area contributed by atoms with Crippen LogP contribution in [-0.4, -0.2) is 51.0 Å². The third-order valence-electron chi connectivity index (χ3n) is 5.38. The quantitative estimate of drug-likeness (QED) is 0.618. The van der Waals surface area contributed by atoms with Crippen LogP contribution in [0.3, 0.4) is 0 Å². The Morgan fingerprint density at radius 3 is 2.64 bits per heavy atom. The minimum absolute atomic E-state index is 0.198. The van der Waals surface area contributed by atoms with Crippen LogP contribution in [0.2, 0.25) is 0 Å². The minimum Gasteiger partial charge on any atom is -0.496 e. The number of ether oxygens (including phenoxy) is 1. The van der Waals surface area contributed by atoms with Crippen molar-refractivity contribution in [2.45, 2.75) is 63.7 Å². The van der Waals surface area contributed by atoms with Gasteiger partial charge < -0.3 is 14.2 Å². The fraction of sp³-hybridized carbons (Fsp3) is 0.571. The van der Waals surface area contributed by atoms with Crippen molar-refractivity contribution in [3.05, 3.63) is 24.3 Å². The number of carbonyl (C=O) groups excluding carboxylic acids is 1. The molecule has 1 saturated carbocycles. The second-order valence-electron chi connectivity index (χ2n) is 7.01. The third kappa shape index (κ3) is 4.51. The summed E-state index contributed by atoms with van der Waals surface area (Å²) in [7, 11) is 1.66. The first-order chi connectivity index (χ1) is 13.7. The summed E-state index contributed by atoms with van der Waals surface area (Å²) in [6.45, 7) is 5.65. The third-order valence-corrected chi connectivity index (χ3v) is 6.33. The van der Waals surface area contributed by atoms with Gasteiger partial charge in [0, 0.05) is 19.1 Å². The van der Waals surface area contributed by atoms with Crippen LogP contribution in [0.1, 0.15) is 46.0 Å². The van der Waals surface area contributed by atoms with Gasteiger partial charge in [0.2, 0.25) is 5.91 Å². The van der Waals surface area contributed by atoms with Crippen molar-refractivity contribution in [2.75, 3.05) is 19.4 Å². The van der Waals surface area contributed by atoms with Gasteiger partial charge in [0.05, 0.1) is 18.4 Å². The van der Waals surface area contributed by atoms with Crippen LogP contribution >= 0.6 is 11.8 Å². The Balaban J connectivity index is 1.72. The summed E-state index contributed by atoms with van der Waals surface area (Å²) >= 11 is 1.47. The second kappa shape index (κ2) is 9.96. The van der Waals surface area contributed by atoms with E-state index in [0.717, 1.165) is 48.2 Å². The molecule has 152 valence electrons. The van der Waals surface area contributed by atoms with Gasteiger partial charge in [-0.2, -0.15) is 0 Å². The van der Waals surface area contributed by atoms with Crippen molar-refractivity contribution in [3.63, 3.8) is 0 Å². The summed E-state index contributed by atoms with van der Waals surface area (Å²) in [5.41, 5.74) is 0.912. The van der Waals surface area contributed by atoms with E-state index >= 15 is 0 Å². The van der Waals surface area contributed by atoms with Crippen molar-refractivity contribution in [1.29, 1.82) is 0 Å². The van der Waals surface area contributed by atoms with Gasteiger partial charge in [0.25, 0.3) is 0 Å². The maximum absolute atomic E-state index is 12.9. The molecule has 3 rings (SSSR count). The Bertz CT molecular complexity index is 786. The number of amides is 1. The SMILES string of the molecule is CCN(C(=O)CSc1nnc(-c2ccccc2OC)n1CC)C1CCCCC1. The molecule has 0 atom stereocenters.